The molecule has 0 saturated carbocycles. The first-order valence-corrected chi connectivity index (χ1v) is 7.67. The van der Waals surface area contributed by atoms with Gasteiger partial charge in [0.05, 0.1) is 22.7 Å². The van der Waals surface area contributed by atoms with E-state index in [1.165, 1.54) is 0 Å². The molecule has 0 aliphatic rings. The Morgan fingerprint density at radius 3 is 2.30 bits per heavy atom. The van der Waals surface area contributed by atoms with E-state index < -0.39 is 0 Å². The minimum atomic E-state index is -0.272. The minimum Gasteiger partial charge on any atom is -0.496 e. The Kier molecular flexibility index (Phi) is 4.42. The largest absolute Gasteiger partial charge is 0.496 e. The van der Waals surface area contributed by atoms with Gasteiger partial charge >= 0.3 is 0 Å². The molecule has 116 valence electrons. The van der Waals surface area contributed by atoms with Crippen LogP contribution in [0.25, 0.3) is 10.8 Å². The normalized spacial score (nSPS) is 10.6. The molecule has 3 nitrogen and oxygen atoms in total. The molecule has 3 aromatic rings. The third-order valence-corrected chi connectivity index (χ3v) is 4.23. The quantitative estimate of drug-likeness (QED) is 0.689. The minimum absolute atomic E-state index is 0.272. The predicted molar refractivity (Wildman–Crippen MR) is 94.9 cm³/mol. The van der Waals surface area contributed by atoms with Crippen molar-refractivity contribution in [2.45, 2.75) is 0 Å². The van der Waals surface area contributed by atoms with Crippen molar-refractivity contribution in [2.24, 2.45) is 0 Å². The number of hydrogen-bond acceptors (Lipinski definition) is 2. The molecular weight excluding hydrogens is 333 g/mol. The number of halogens is 2. The third-order valence-electron chi connectivity index (χ3n) is 3.49. The molecule has 0 unspecified atom stereocenters. The number of rotatable bonds is 3. The van der Waals surface area contributed by atoms with Gasteiger partial charge in [0, 0.05) is 5.69 Å². The van der Waals surface area contributed by atoms with E-state index in [0.29, 0.717) is 27.0 Å². The van der Waals surface area contributed by atoms with Crippen LogP contribution >= 0.6 is 23.2 Å². The second-order valence-electron chi connectivity index (χ2n) is 4.98. The van der Waals surface area contributed by atoms with E-state index in [0.717, 1.165) is 10.8 Å². The molecule has 0 radical (unpaired) electrons. The van der Waals surface area contributed by atoms with E-state index in [1.54, 1.807) is 31.4 Å². The lowest BCUT2D eigenvalue weighted by molar-refractivity contribution is 0.102. The lowest BCUT2D eigenvalue weighted by Crippen LogP contribution is -2.13. The summed E-state index contributed by atoms with van der Waals surface area (Å²) >= 11 is 11.9. The van der Waals surface area contributed by atoms with Crippen molar-refractivity contribution in [3.63, 3.8) is 0 Å². The number of nitrogens with one attached hydrogen (secondary N) is 1. The van der Waals surface area contributed by atoms with Gasteiger partial charge in [0.15, 0.2) is 0 Å². The van der Waals surface area contributed by atoms with Crippen molar-refractivity contribution in [1.82, 2.24) is 0 Å². The Labute approximate surface area is 143 Å². The van der Waals surface area contributed by atoms with Gasteiger partial charge in [0.25, 0.3) is 5.91 Å². The molecule has 0 aliphatic carbocycles. The number of fused-ring (bicyclic) bond motifs is 1. The van der Waals surface area contributed by atoms with E-state index in [4.69, 9.17) is 27.9 Å². The van der Waals surface area contributed by atoms with Crippen LogP contribution in [0.4, 0.5) is 5.69 Å². The molecule has 3 aromatic carbocycles. The van der Waals surface area contributed by atoms with Gasteiger partial charge in [0.1, 0.15) is 5.75 Å². The topological polar surface area (TPSA) is 38.3 Å². The van der Waals surface area contributed by atoms with Gasteiger partial charge < -0.3 is 10.1 Å². The van der Waals surface area contributed by atoms with Crippen LogP contribution < -0.4 is 10.1 Å². The highest BCUT2D eigenvalue weighted by Gasteiger charge is 2.14. The van der Waals surface area contributed by atoms with Crippen LogP contribution in [0.3, 0.4) is 0 Å². The van der Waals surface area contributed by atoms with Crippen molar-refractivity contribution in [3.8, 4) is 5.75 Å². The summed E-state index contributed by atoms with van der Waals surface area (Å²) in [4.78, 5) is 12.6. The molecular formula is C18H13Cl2NO2. The summed E-state index contributed by atoms with van der Waals surface area (Å²) in [5, 5.41) is 5.60. The maximum Gasteiger partial charge on any atom is 0.259 e. The molecule has 0 bridgehead atoms. The third kappa shape index (κ3) is 3.26. The number of amides is 1. The molecule has 0 heterocycles. The highest BCUT2D eigenvalue weighted by atomic mass is 35.5. The molecule has 1 amide bonds. The van der Waals surface area contributed by atoms with Gasteiger partial charge in [0.2, 0.25) is 0 Å². The number of benzene rings is 3. The Morgan fingerprint density at radius 1 is 0.957 bits per heavy atom. The summed E-state index contributed by atoms with van der Waals surface area (Å²) in [5.41, 5.74) is 1.02. The summed E-state index contributed by atoms with van der Waals surface area (Å²) in [6.07, 6.45) is 0. The molecule has 0 fully saturated rings. The Morgan fingerprint density at radius 2 is 1.65 bits per heavy atom. The van der Waals surface area contributed by atoms with E-state index in [2.05, 4.69) is 5.32 Å². The monoisotopic (exact) mass is 345 g/mol. The second kappa shape index (κ2) is 6.49. The molecule has 0 atom stereocenters. The average molecular weight is 346 g/mol. The Hall–Kier alpha value is -2.23. The number of anilines is 1. The van der Waals surface area contributed by atoms with Crippen LogP contribution in [-0.2, 0) is 0 Å². The first kappa shape index (κ1) is 15.7. The van der Waals surface area contributed by atoms with Crippen LogP contribution in [0.15, 0.2) is 54.6 Å². The maximum atomic E-state index is 12.6. The Balaban J connectivity index is 1.97. The first-order valence-electron chi connectivity index (χ1n) is 6.91. The number of methoxy groups -OCH3 is 1. The second-order valence-corrected chi connectivity index (χ2v) is 5.80. The molecule has 5 heteroatoms. The van der Waals surface area contributed by atoms with Gasteiger partial charge in [-0.1, -0.05) is 47.5 Å². The van der Waals surface area contributed by atoms with Crippen LogP contribution in [0.5, 0.6) is 5.75 Å². The molecule has 3 rings (SSSR count). The van der Waals surface area contributed by atoms with Gasteiger partial charge in [-0.2, -0.15) is 0 Å². The van der Waals surface area contributed by atoms with E-state index >= 15 is 0 Å². The first-order chi connectivity index (χ1) is 11.1. The zero-order valence-corrected chi connectivity index (χ0v) is 13.8. The zero-order chi connectivity index (χ0) is 16.4. The van der Waals surface area contributed by atoms with Crippen molar-refractivity contribution < 1.29 is 9.53 Å². The van der Waals surface area contributed by atoms with Crippen LogP contribution in [0, 0.1) is 0 Å². The fraction of sp³-hybridized carbons (Fsp3) is 0.0556. The number of hydrogen-bond donors (Lipinski definition) is 1. The molecule has 0 saturated heterocycles. The van der Waals surface area contributed by atoms with Crippen LogP contribution in [0.1, 0.15) is 10.4 Å². The SMILES string of the molecule is COc1cc2ccccc2cc1C(=O)Nc1ccc(Cl)c(Cl)c1. The average Bonchev–Trinajstić information content (AvgIpc) is 2.57. The number of carbonyl (C=O) groups excluding carboxylic acids is 1. The zero-order valence-electron chi connectivity index (χ0n) is 12.3. The van der Waals surface area contributed by atoms with Crippen molar-refractivity contribution in [2.75, 3.05) is 12.4 Å². The fourth-order valence-corrected chi connectivity index (χ4v) is 2.64. The van der Waals surface area contributed by atoms with Crippen LogP contribution in [-0.4, -0.2) is 13.0 Å². The summed E-state index contributed by atoms with van der Waals surface area (Å²) < 4.78 is 5.35. The van der Waals surface area contributed by atoms with E-state index in [-0.39, 0.29) is 5.91 Å². The van der Waals surface area contributed by atoms with Gasteiger partial charge in [-0.3, -0.25) is 4.79 Å². The van der Waals surface area contributed by atoms with Crippen molar-refractivity contribution in [1.29, 1.82) is 0 Å². The van der Waals surface area contributed by atoms with Crippen LogP contribution in [0.2, 0.25) is 10.0 Å². The smallest absolute Gasteiger partial charge is 0.259 e. The molecule has 0 aliphatic heterocycles. The lowest BCUT2D eigenvalue weighted by Gasteiger charge is -2.11. The number of carbonyl (C=O) groups is 1. The van der Waals surface area contributed by atoms with Gasteiger partial charge in [-0.25, -0.2) is 0 Å². The van der Waals surface area contributed by atoms with E-state index in [9.17, 15) is 4.79 Å². The van der Waals surface area contributed by atoms with Gasteiger partial charge in [-0.05, 0) is 41.1 Å². The fourth-order valence-electron chi connectivity index (χ4n) is 2.34. The van der Waals surface area contributed by atoms with Crippen molar-refractivity contribution in [3.05, 3.63) is 70.2 Å². The standard InChI is InChI=1S/C18H13Cl2NO2/c1-23-17-9-12-5-3-2-4-11(12)8-14(17)18(22)21-13-6-7-15(19)16(20)10-13/h2-10H,1H3,(H,21,22). The van der Waals surface area contributed by atoms with Gasteiger partial charge in [-0.15, -0.1) is 0 Å². The lowest BCUT2D eigenvalue weighted by atomic mass is 10.1. The Bertz CT molecular complexity index is 893. The summed E-state index contributed by atoms with van der Waals surface area (Å²) in [7, 11) is 1.54. The summed E-state index contributed by atoms with van der Waals surface area (Å²) in [6, 6.07) is 16.4. The highest BCUT2D eigenvalue weighted by molar-refractivity contribution is 6.42. The van der Waals surface area contributed by atoms with E-state index in [1.807, 2.05) is 30.3 Å². The summed E-state index contributed by atoms with van der Waals surface area (Å²) in [5.74, 6) is 0.243. The maximum absolute atomic E-state index is 12.6. The molecule has 0 spiro atoms. The highest BCUT2D eigenvalue weighted by Crippen LogP contribution is 2.28. The molecule has 0 aromatic heterocycles. The number of ether oxygens (including phenoxy) is 1. The molecule has 1 N–H and O–H groups in total. The molecule has 23 heavy (non-hydrogen) atoms. The summed E-state index contributed by atoms with van der Waals surface area (Å²) in [6.45, 7) is 0. The van der Waals surface area contributed by atoms with Crippen molar-refractivity contribution >= 4 is 45.6 Å². The predicted octanol–water partition coefficient (Wildman–Crippen LogP) is 5.41.